The molecule has 24 heteroatoms. The summed E-state index contributed by atoms with van der Waals surface area (Å²) in [7, 11) is 0. The first-order valence-corrected chi connectivity index (χ1v) is 36.4. The van der Waals surface area contributed by atoms with E-state index >= 15 is 0 Å². The number of hydrogen-bond acceptors (Lipinski definition) is 24. The van der Waals surface area contributed by atoms with E-state index in [-0.39, 0.29) is 135 Å². The molecule has 4 aromatic rings. The highest BCUT2D eigenvalue weighted by Crippen LogP contribution is 2.31. The zero-order valence-electron chi connectivity index (χ0n) is 60.6. The molecule has 4 rings (SSSR count). The quantitative estimate of drug-likeness (QED) is 0.0130. The topological polar surface area (TPSA) is 316 Å². The fourth-order valence-electron chi connectivity index (χ4n) is 9.89. The van der Waals surface area contributed by atoms with Gasteiger partial charge >= 0.3 is 71.6 Å². The van der Waals surface area contributed by atoms with Crippen LogP contribution < -0.4 is 18.9 Å². The van der Waals surface area contributed by atoms with Gasteiger partial charge in [-0.3, -0.25) is 38.4 Å². The summed E-state index contributed by atoms with van der Waals surface area (Å²) in [5, 5.41) is 1.20. The Morgan fingerprint density at radius 2 is 0.538 bits per heavy atom. The number of fused-ring (bicyclic) bond motifs is 1. The van der Waals surface area contributed by atoms with E-state index in [9.17, 15) is 57.5 Å². The molecule has 24 nitrogen and oxygen atoms in total. The minimum atomic E-state index is -0.680. The standard InChI is InChI=1S/C80H104O24/c1-59(2)77(89)99-56-27-9-17-36-73(85)95-52-23-5-13-32-69(81)93-50-21-7-15-34-71(83)97-54-25-11-19-38-75(87)101-64-45-41-62(42-46-64)79(91)103-66-49-40-61-30-29-31-68(67(61)58-66)104-80(92)63-43-47-65(48-44-63)102-76(88)39-20-12-26-55-98-72(84)35-16-8-22-51-94-70(82)33-14-6-24-53-96-74(86)37-18-10-28-57-100-78(90)60(3)4/h29-31,40-49,58H,1,3,5-28,32-39,50-57H2,2,4H3. The number of rotatable bonds is 56. The van der Waals surface area contributed by atoms with Crippen LogP contribution in [0.25, 0.3) is 10.8 Å². The Morgan fingerprint density at radius 3 is 0.837 bits per heavy atom. The smallest absolute Gasteiger partial charge is 0.343 e. The molecular formula is C80H104O24. The van der Waals surface area contributed by atoms with E-state index in [4.69, 9.17) is 56.8 Å². The predicted molar refractivity (Wildman–Crippen MR) is 383 cm³/mol. The zero-order valence-corrected chi connectivity index (χ0v) is 60.6. The van der Waals surface area contributed by atoms with Gasteiger partial charge in [0.25, 0.3) is 0 Å². The Bertz CT molecular complexity index is 3370. The van der Waals surface area contributed by atoms with Crippen molar-refractivity contribution in [3.63, 3.8) is 0 Å². The molecule has 0 aliphatic carbocycles. The second-order valence-corrected chi connectivity index (χ2v) is 25.1. The first-order valence-electron chi connectivity index (χ1n) is 36.4. The Labute approximate surface area is 609 Å². The average Bonchev–Trinajstić information content (AvgIpc) is 0.806. The van der Waals surface area contributed by atoms with Crippen LogP contribution in [-0.2, 0) is 85.8 Å². The van der Waals surface area contributed by atoms with Crippen LogP contribution in [0.5, 0.6) is 23.0 Å². The highest BCUT2D eigenvalue weighted by molar-refractivity contribution is 5.97. The molecule has 0 atom stereocenters. The number of ether oxygens (including phenoxy) is 12. The lowest BCUT2D eigenvalue weighted by atomic mass is 10.1. The Kier molecular flexibility index (Phi) is 44.3. The molecule has 0 spiro atoms. The largest absolute Gasteiger partial charge is 0.466 e. The fraction of sp³-hybridized carbons (Fsp3) is 0.525. The maximum absolute atomic E-state index is 13.3. The maximum atomic E-state index is 13.3. The number of esters is 12. The molecule has 0 unspecified atom stereocenters. The summed E-state index contributed by atoms with van der Waals surface area (Å²) < 4.78 is 64.1. The molecule has 0 bridgehead atoms. The van der Waals surface area contributed by atoms with Gasteiger partial charge in [-0.25, -0.2) is 19.2 Å². The summed E-state index contributed by atoms with van der Waals surface area (Å²) in [5.41, 5.74) is 1.09. The first-order chi connectivity index (χ1) is 50.3. The summed E-state index contributed by atoms with van der Waals surface area (Å²) in [5.74, 6) is -4.00. The molecule has 0 N–H and O–H groups in total. The summed E-state index contributed by atoms with van der Waals surface area (Å²) in [6, 6.07) is 21.9. The van der Waals surface area contributed by atoms with Gasteiger partial charge in [0.2, 0.25) is 0 Å². The van der Waals surface area contributed by atoms with Crippen molar-refractivity contribution >= 4 is 82.4 Å². The van der Waals surface area contributed by atoms with E-state index in [0.29, 0.717) is 190 Å². The maximum Gasteiger partial charge on any atom is 0.343 e. The lowest BCUT2D eigenvalue weighted by molar-refractivity contribution is -0.145. The molecule has 568 valence electrons. The van der Waals surface area contributed by atoms with Gasteiger partial charge in [-0.15, -0.1) is 0 Å². The van der Waals surface area contributed by atoms with Gasteiger partial charge in [-0.2, -0.15) is 0 Å². The molecule has 0 radical (unpaired) electrons. The van der Waals surface area contributed by atoms with Crippen LogP contribution in [0.2, 0.25) is 0 Å². The molecule has 0 aromatic heterocycles. The van der Waals surface area contributed by atoms with Crippen LogP contribution in [0.15, 0.2) is 109 Å². The van der Waals surface area contributed by atoms with Gasteiger partial charge in [-0.1, -0.05) is 31.4 Å². The third kappa shape index (κ3) is 40.8. The van der Waals surface area contributed by atoms with Gasteiger partial charge in [-0.05, 0) is 240 Å². The minimum Gasteiger partial charge on any atom is -0.466 e. The molecule has 0 saturated carbocycles. The van der Waals surface area contributed by atoms with Crippen molar-refractivity contribution in [1.29, 1.82) is 0 Å². The lowest BCUT2D eigenvalue weighted by Gasteiger charge is -2.11. The lowest BCUT2D eigenvalue weighted by Crippen LogP contribution is -2.11. The normalized spacial score (nSPS) is 10.8. The van der Waals surface area contributed by atoms with E-state index in [0.717, 1.165) is 25.7 Å². The zero-order chi connectivity index (χ0) is 75.4. The second kappa shape index (κ2) is 53.1. The van der Waals surface area contributed by atoms with Gasteiger partial charge in [0.15, 0.2) is 0 Å². The molecule has 0 fully saturated rings. The van der Waals surface area contributed by atoms with Crippen molar-refractivity contribution in [2.75, 3.05) is 52.9 Å². The van der Waals surface area contributed by atoms with Crippen molar-refractivity contribution < 1.29 is 114 Å². The number of carbonyl (C=O) groups excluding carboxylic acids is 12. The predicted octanol–water partition coefficient (Wildman–Crippen LogP) is 15.1. The molecule has 0 heterocycles. The molecule has 0 aliphatic rings. The van der Waals surface area contributed by atoms with Crippen LogP contribution in [0.3, 0.4) is 0 Å². The highest BCUT2D eigenvalue weighted by atomic mass is 16.6. The van der Waals surface area contributed by atoms with Crippen molar-refractivity contribution in [3.05, 3.63) is 120 Å². The Morgan fingerprint density at radius 1 is 0.269 bits per heavy atom. The van der Waals surface area contributed by atoms with Crippen LogP contribution in [0, 0.1) is 0 Å². The van der Waals surface area contributed by atoms with Gasteiger partial charge in [0.05, 0.1) is 64.0 Å². The third-order valence-corrected chi connectivity index (χ3v) is 15.8. The van der Waals surface area contributed by atoms with Crippen LogP contribution in [0.4, 0.5) is 0 Å². The van der Waals surface area contributed by atoms with Gasteiger partial charge in [0, 0.05) is 67.9 Å². The number of benzene rings is 4. The van der Waals surface area contributed by atoms with Gasteiger partial charge in [0.1, 0.15) is 23.0 Å². The van der Waals surface area contributed by atoms with Crippen molar-refractivity contribution in [2.45, 2.75) is 219 Å². The van der Waals surface area contributed by atoms with Crippen LogP contribution in [-0.4, -0.2) is 124 Å². The summed E-state index contributed by atoms with van der Waals surface area (Å²) in [4.78, 5) is 147. The van der Waals surface area contributed by atoms with Gasteiger partial charge < -0.3 is 56.8 Å². The minimum absolute atomic E-state index is 0.132. The van der Waals surface area contributed by atoms with E-state index in [2.05, 4.69) is 13.2 Å². The average molecular weight is 1450 g/mol. The molecule has 0 aliphatic heterocycles. The number of carbonyl (C=O) groups is 12. The monoisotopic (exact) mass is 1450 g/mol. The highest BCUT2D eigenvalue weighted by Gasteiger charge is 2.18. The molecule has 0 amide bonds. The van der Waals surface area contributed by atoms with E-state index < -0.39 is 35.8 Å². The summed E-state index contributed by atoms with van der Waals surface area (Å²) in [6.07, 6.45) is 17.3. The molecule has 0 saturated heterocycles. The molecular weight excluding hydrogens is 1340 g/mol. The van der Waals surface area contributed by atoms with Crippen molar-refractivity contribution in [3.8, 4) is 23.0 Å². The fourth-order valence-corrected chi connectivity index (χ4v) is 9.89. The van der Waals surface area contributed by atoms with E-state index in [1.807, 2.05) is 6.07 Å². The summed E-state index contributed by atoms with van der Waals surface area (Å²) >= 11 is 0. The van der Waals surface area contributed by atoms with Crippen molar-refractivity contribution in [2.24, 2.45) is 0 Å². The van der Waals surface area contributed by atoms with Crippen molar-refractivity contribution in [1.82, 2.24) is 0 Å². The molecule has 4 aromatic carbocycles. The van der Waals surface area contributed by atoms with E-state index in [1.54, 1.807) is 44.2 Å². The Balaban J connectivity index is 0.968. The number of unbranched alkanes of at least 4 members (excludes halogenated alkanes) is 16. The van der Waals surface area contributed by atoms with Crippen LogP contribution in [0.1, 0.15) is 240 Å². The SMILES string of the molecule is C=C(C)C(=O)OCCCCCC(=O)OCCCCCC(=O)OCCCCCC(=O)OCCCCCC(=O)Oc1ccc(C(=O)Oc2ccc3cccc(OC(=O)c4ccc(OC(=O)CCCCCOC(=O)CCCCCOC(=O)CCCCCOC(=O)CCCCCOC(=O)C(=C)C)cc4)c3c2)cc1. The summed E-state index contributed by atoms with van der Waals surface area (Å²) in [6.45, 7) is 12.4. The van der Waals surface area contributed by atoms with E-state index in [1.165, 1.54) is 48.5 Å². The first kappa shape index (κ1) is 86.7. The Hall–Kier alpha value is -9.74. The number of hydrogen-bond donors (Lipinski definition) is 0. The third-order valence-electron chi connectivity index (χ3n) is 15.8. The van der Waals surface area contributed by atoms with Crippen LogP contribution >= 0.6 is 0 Å². The molecule has 104 heavy (non-hydrogen) atoms. The second-order valence-electron chi connectivity index (χ2n) is 25.1.